The Hall–Kier alpha value is -7.63. The fourth-order valence-electron chi connectivity index (χ4n) is 8.51. The lowest BCUT2D eigenvalue weighted by molar-refractivity contribution is 0.668. The zero-order valence-electron chi connectivity index (χ0n) is 29.9. The Balaban J connectivity index is 1.05. The van der Waals surface area contributed by atoms with E-state index in [1.54, 1.807) is 0 Å². The van der Waals surface area contributed by atoms with E-state index in [1.807, 2.05) is 60.7 Å². The summed E-state index contributed by atoms with van der Waals surface area (Å²) in [4.78, 5) is 15.7. The van der Waals surface area contributed by atoms with E-state index in [9.17, 15) is 0 Å². The number of aromatic nitrogens is 3. The molecule has 12 rings (SSSR count). The Morgan fingerprint density at radius 1 is 0.286 bits per heavy atom. The van der Waals surface area contributed by atoms with Crippen LogP contribution in [0.1, 0.15) is 0 Å². The van der Waals surface area contributed by atoms with Gasteiger partial charge in [0.1, 0.15) is 22.3 Å². The van der Waals surface area contributed by atoms with Crippen molar-refractivity contribution < 1.29 is 8.83 Å². The highest BCUT2D eigenvalue weighted by Crippen LogP contribution is 2.40. The van der Waals surface area contributed by atoms with E-state index in [4.69, 9.17) is 23.8 Å². The number of fused-ring (bicyclic) bond motifs is 11. The highest BCUT2D eigenvalue weighted by atomic mass is 16.3. The van der Waals surface area contributed by atoms with Crippen molar-refractivity contribution in [3.63, 3.8) is 0 Å². The minimum absolute atomic E-state index is 0.572. The lowest BCUT2D eigenvalue weighted by atomic mass is 9.94. The summed E-state index contributed by atoms with van der Waals surface area (Å²) < 4.78 is 12.6. The van der Waals surface area contributed by atoms with Gasteiger partial charge in [-0.15, -0.1) is 0 Å². The van der Waals surface area contributed by atoms with E-state index >= 15 is 0 Å². The smallest absolute Gasteiger partial charge is 0.164 e. The van der Waals surface area contributed by atoms with Crippen LogP contribution in [-0.2, 0) is 0 Å². The van der Waals surface area contributed by atoms with Crippen LogP contribution in [0.3, 0.4) is 0 Å². The van der Waals surface area contributed by atoms with Gasteiger partial charge in [-0.2, -0.15) is 0 Å². The van der Waals surface area contributed by atoms with Crippen molar-refractivity contribution in [2.75, 3.05) is 0 Å². The average molecular weight is 716 g/mol. The molecule has 0 aliphatic carbocycles. The summed E-state index contributed by atoms with van der Waals surface area (Å²) in [6, 6.07) is 61.1. The second-order valence-corrected chi connectivity index (χ2v) is 14.3. The summed E-state index contributed by atoms with van der Waals surface area (Å²) in [6.45, 7) is 0. The molecule has 12 aromatic rings. The minimum atomic E-state index is 0.572. The van der Waals surface area contributed by atoms with Crippen molar-refractivity contribution in [3.8, 4) is 45.3 Å². The Bertz CT molecular complexity index is 3430. The highest BCUT2D eigenvalue weighted by molar-refractivity contribution is 6.18. The molecule has 0 fully saturated rings. The topological polar surface area (TPSA) is 65.0 Å². The number of benzene rings is 9. The predicted octanol–water partition coefficient (Wildman–Crippen LogP) is 13.8. The van der Waals surface area contributed by atoms with Crippen molar-refractivity contribution in [2.24, 2.45) is 0 Å². The first-order chi connectivity index (χ1) is 27.7. The zero-order valence-corrected chi connectivity index (χ0v) is 29.9. The van der Waals surface area contributed by atoms with Crippen LogP contribution >= 0.6 is 0 Å². The third-order valence-electron chi connectivity index (χ3n) is 11.1. The molecule has 0 saturated heterocycles. The van der Waals surface area contributed by atoms with E-state index in [1.165, 1.54) is 32.3 Å². The molecular formula is C51H29N3O2. The summed E-state index contributed by atoms with van der Waals surface area (Å²) >= 11 is 0. The van der Waals surface area contributed by atoms with Crippen molar-refractivity contribution >= 4 is 76.2 Å². The summed E-state index contributed by atoms with van der Waals surface area (Å²) in [6.07, 6.45) is 0. The zero-order chi connectivity index (χ0) is 36.7. The monoisotopic (exact) mass is 715 g/mol. The van der Waals surface area contributed by atoms with Gasteiger partial charge in [0.05, 0.1) is 0 Å². The molecule has 0 spiro atoms. The molecule has 0 N–H and O–H groups in total. The van der Waals surface area contributed by atoms with E-state index in [0.29, 0.717) is 17.5 Å². The number of hydrogen-bond acceptors (Lipinski definition) is 5. The molecule has 5 heteroatoms. The molecule has 0 atom stereocenters. The van der Waals surface area contributed by atoms with Crippen LogP contribution in [0.2, 0.25) is 0 Å². The van der Waals surface area contributed by atoms with Gasteiger partial charge in [0.2, 0.25) is 0 Å². The van der Waals surface area contributed by atoms with Crippen LogP contribution in [-0.4, -0.2) is 15.0 Å². The molecule has 0 amide bonds. The molecule has 9 aromatic carbocycles. The summed E-state index contributed by atoms with van der Waals surface area (Å²) in [5.74, 6) is 1.73. The maximum atomic E-state index is 6.29. The fourth-order valence-corrected chi connectivity index (χ4v) is 8.51. The van der Waals surface area contributed by atoms with Crippen LogP contribution in [0.15, 0.2) is 185 Å². The van der Waals surface area contributed by atoms with Gasteiger partial charge in [-0.1, -0.05) is 140 Å². The van der Waals surface area contributed by atoms with Gasteiger partial charge in [0.15, 0.2) is 17.5 Å². The molecule has 3 aromatic heterocycles. The van der Waals surface area contributed by atoms with Gasteiger partial charge in [-0.3, -0.25) is 0 Å². The van der Waals surface area contributed by atoms with Gasteiger partial charge in [-0.05, 0) is 79.8 Å². The lowest BCUT2D eigenvalue weighted by Crippen LogP contribution is -2.01. The SMILES string of the molecule is c1cc(-c2ccc3c(ccc4c5ccccc5ccc34)c2)cc(-c2nc(-c3cccc4oc5ccccc5c34)nc(-c3cccc4oc5ccccc5c34)n2)c1. The second-order valence-electron chi connectivity index (χ2n) is 14.3. The molecule has 0 bridgehead atoms. The van der Waals surface area contributed by atoms with Crippen LogP contribution in [0.4, 0.5) is 0 Å². The first kappa shape index (κ1) is 30.8. The van der Waals surface area contributed by atoms with E-state index in [0.717, 1.165) is 71.7 Å². The van der Waals surface area contributed by atoms with Crippen molar-refractivity contribution in [2.45, 2.75) is 0 Å². The van der Waals surface area contributed by atoms with Crippen LogP contribution < -0.4 is 0 Å². The van der Waals surface area contributed by atoms with Gasteiger partial charge in [0, 0.05) is 38.2 Å². The highest BCUT2D eigenvalue weighted by Gasteiger charge is 2.20. The summed E-state index contributed by atoms with van der Waals surface area (Å²) in [7, 11) is 0. The van der Waals surface area contributed by atoms with Gasteiger partial charge in [-0.25, -0.2) is 15.0 Å². The number of furan rings is 2. The molecule has 0 radical (unpaired) electrons. The Morgan fingerprint density at radius 3 is 1.45 bits per heavy atom. The molecule has 0 aliphatic heterocycles. The standard InChI is InChI=1S/C51H29N3O2/c1-2-13-35-30(10-1)22-26-38-36-25-23-32(28-33(36)24-27-37(35)38)31-11-7-12-34(29-31)49-52-50(41-16-8-20-45-47(41)39-14-3-5-18-43(39)55-45)54-51(53-49)42-17-9-21-46-48(42)40-15-4-6-19-44(40)56-46/h1-29H. The maximum absolute atomic E-state index is 6.29. The largest absolute Gasteiger partial charge is 0.456 e. The van der Waals surface area contributed by atoms with Crippen LogP contribution in [0, 0.1) is 0 Å². The molecule has 0 saturated carbocycles. The van der Waals surface area contributed by atoms with Crippen molar-refractivity contribution in [1.29, 1.82) is 0 Å². The molecule has 56 heavy (non-hydrogen) atoms. The molecule has 0 aliphatic rings. The lowest BCUT2D eigenvalue weighted by Gasteiger charge is -2.12. The Labute approximate surface area is 320 Å². The Morgan fingerprint density at radius 2 is 0.768 bits per heavy atom. The first-order valence-electron chi connectivity index (χ1n) is 18.8. The summed E-state index contributed by atoms with van der Waals surface area (Å²) in [5, 5.41) is 11.5. The molecular weight excluding hydrogens is 687 g/mol. The number of hydrogen-bond donors (Lipinski definition) is 0. The fraction of sp³-hybridized carbons (Fsp3) is 0. The van der Waals surface area contributed by atoms with E-state index < -0.39 is 0 Å². The van der Waals surface area contributed by atoms with Crippen molar-refractivity contribution in [1.82, 2.24) is 15.0 Å². The van der Waals surface area contributed by atoms with E-state index in [2.05, 4.69) is 115 Å². The van der Waals surface area contributed by atoms with Gasteiger partial charge >= 0.3 is 0 Å². The minimum Gasteiger partial charge on any atom is -0.456 e. The molecule has 260 valence electrons. The third-order valence-corrected chi connectivity index (χ3v) is 11.1. The van der Waals surface area contributed by atoms with Crippen molar-refractivity contribution in [3.05, 3.63) is 176 Å². The van der Waals surface area contributed by atoms with Crippen LogP contribution in [0.25, 0.3) is 121 Å². The predicted molar refractivity (Wildman–Crippen MR) is 229 cm³/mol. The third kappa shape index (κ3) is 4.71. The Kier molecular flexibility index (Phi) is 6.56. The van der Waals surface area contributed by atoms with Gasteiger partial charge < -0.3 is 8.83 Å². The second kappa shape index (κ2) is 11.9. The number of nitrogens with zero attached hydrogens (tertiary/aromatic N) is 3. The molecule has 0 unspecified atom stereocenters. The first-order valence-corrected chi connectivity index (χ1v) is 18.8. The quantitative estimate of drug-likeness (QED) is 0.170. The summed E-state index contributed by atoms with van der Waals surface area (Å²) in [5.41, 5.74) is 8.08. The molecule has 5 nitrogen and oxygen atoms in total. The average Bonchev–Trinajstić information content (AvgIpc) is 3.85. The normalized spacial score (nSPS) is 11.9. The van der Waals surface area contributed by atoms with Gasteiger partial charge in [0.25, 0.3) is 0 Å². The van der Waals surface area contributed by atoms with Crippen LogP contribution in [0.5, 0.6) is 0 Å². The number of para-hydroxylation sites is 2. The molecule has 3 heterocycles. The van der Waals surface area contributed by atoms with E-state index in [-0.39, 0.29) is 0 Å². The maximum Gasteiger partial charge on any atom is 0.164 e. The number of rotatable bonds is 4.